The molecule has 0 aliphatic heterocycles. The summed E-state index contributed by atoms with van der Waals surface area (Å²) in [6.07, 6.45) is 6.95. The maximum atomic E-state index is 9.06. The Hall–Kier alpha value is -2.35. The minimum atomic E-state index is 0.639. The van der Waals surface area contributed by atoms with Crippen LogP contribution in [0, 0.1) is 6.92 Å². The lowest BCUT2D eigenvalue weighted by Gasteiger charge is -2.10. The molecule has 0 saturated carbocycles. The quantitative estimate of drug-likeness (QED) is 0.396. The van der Waals surface area contributed by atoms with E-state index in [0.29, 0.717) is 6.29 Å². The van der Waals surface area contributed by atoms with E-state index >= 15 is 0 Å². The number of carbonyl (C=O) groups is 1. The van der Waals surface area contributed by atoms with Crippen molar-refractivity contribution in [1.82, 2.24) is 0 Å². The average Bonchev–Trinajstić information content (AvgIpc) is 2.62. The van der Waals surface area contributed by atoms with Crippen LogP contribution in [0.4, 0.5) is 5.69 Å². The highest BCUT2D eigenvalue weighted by Gasteiger charge is 2.03. The molecule has 2 heteroatoms. The molecule has 0 unspecified atom stereocenters. The lowest BCUT2D eigenvalue weighted by atomic mass is 9.96. The number of unbranched alkanes of at least 4 members (excludes halogenated alkanes) is 2. The first-order valence-corrected chi connectivity index (χ1v) is 8.60. The molecule has 0 spiro atoms. The number of benzene rings is 2. The Labute approximate surface area is 146 Å². The first-order valence-electron chi connectivity index (χ1n) is 8.60. The van der Waals surface area contributed by atoms with Gasteiger partial charge in [-0.3, -0.25) is 4.79 Å². The van der Waals surface area contributed by atoms with Gasteiger partial charge in [-0.05, 0) is 60.2 Å². The SMILES string of the molecule is C=CC=O.CCCCCc1ccc(-c2ccc(NC)cc2)c(C)c1. The third-order valence-electron chi connectivity index (χ3n) is 3.94. The number of nitrogens with one attached hydrogen (secondary N) is 1. The summed E-state index contributed by atoms with van der Waals surface area (Å²) in [5.41, 5.74) is 6.62. The van der Waals surface area contributed by atoms with E-state index in [1.807, 2.05) is 7.05 Å². The van der Waals surface area contributed by atoms with Gasteiger partial charge in [-0.2, -0.15) is 0 Å². The number of allylic oxidation sites excluding steroid dienone is 1. The van der Waals surface area contributed by atoms with Crippen LogP contribution in [-0.4, -0.2) is 13.3 Å². The van der Waals surface area contributed by atoms with E-state index in [1.54, 1.807) is 0 Å². The van der Waals surface area contributed by atoms with Crippen molar-refractivity contribution in [2.24, 2.45) is 0 Å². The topological polar surface area (TPSA) is 29.1 Å². The fourth-order valence-corrected chi connectivity index (χ4v) is 2.60. The first-order chi connectivity index (χ1) is 11.7. The lowest BCUT2D eigenvalue weighted by molar-refractivity contribution is -0.104. The first kappa shape index (κ1) is 19.7. The fraction of sp³-hybridized carbons (Fsp3) is 0.318. The number of aldehydes is 1. The van der Waals surface area contributed by atoms with E-state index in [4.69, 9.17) is 4.79 Å². The second-order valence-electron chi connectivity index (χ2n) is 5.81. The summed E-state index contributed by atoms with van der Waals surface area (Å²) in [5.74, 6) is 0. The van der Waals surface area contributed by atoms with Gasteiger partial charge in [0.2, 0.25) is 0 Å². The normalized spacial score (nSPS) is 9.62. The molecule has 0 fully saturated rings. The molecule has 2 aromatic carbocycles. The second-order valence-corrected chi connectivity index (χ2v) is 5.81. The van der Waals surface area contributed by atoms with Crippen molar-refractivity contribution in [2.45, 2.75) is 39.5 Å². The zero-order chi connectivity index (χ0) is 17.8. The van der Waals surface area contributed by atoms with E-state index in [0.717, 1.165) is 5.69 Å². The van der Waals surface area contributed by atoms with E-state index in [-0.39, 0.29) is 0 Å². The standard InChI is InChI=1S/C19H25N.C3H4O/c1-4-5-6-7-16-8-13-19(15(2)14-16)17-9-11-18(20-3)12-10-17;1-2-3-4/h8-14,20H,4-7H2,1-3H3;2-3H,1H2. The minimum Gasteiger partial charge on any atom is -0.388 e. The van der Waals surface area contributed by atoms with Crippen molar-refractivity contribution in [1.29, 1.82) is 0 Å². The molecular formula is C22H29NO. The number of hydrogen-bond acceptors (Lipinski definition) is 2. The van der Waals surface area contributed by atoms with Crippen LogP contribution in [0.3, 0.4) is 0 Å². The molecule has 0 aliphatic rings. The summed E-state index contributed by atoms with van der Waals surface area (Å²) in [5, 5.41) is 3.16. The summed E-state index contributed by atoms with van der Waals surface area (Å²) in [6.45, 7) is 7.58. The predicted octanol–water partition coefficient (Wildman–Crippen LogP) is 5.81. The summed E-state index contributed by atoms with van der Waals surface area (Å²) < 4.78 is 0. The third-order valence-corrected chi connectivity index (χ3v) is 3.94. The number of hydrogen-bond donors (Lipinski definition) is 1. The van der Waals surface area contributed by atoms with Crippen LogP contribution in [0.1, 0.15) is 37.3 Å². The van der Waals surface area contributed by atoms with Crippen molar-refractivity contribution in [2.75, 3.05) is 12.4 Å². The lowest BCUT2D eigenvalue weighted by Crippen LogP contribution is -1.91. The van der Waals surface area contributed by atoms with Crippen LogP contribution in [0.25, 0.3) is 11.1 Å². The molecule has 0 aromatic heterocycles. The molecule has 128 valence electrons. The van der Waals surface area contributed by atoms with Gasteiger partial charge in [-0.15, -0.1) is 0 Å². The van der Waals surface area contributed by atoms with Gasteiger partial charge in [0.25, 0.3) is 0 Å². The molecule has 2 aromatic rings. The zero-order valence-electron chi connectivity index (χ0n) is 15.1. The van der Waals surface area contributed by atoms with E-state index in [9.17, 15) is 0 Å². The van der Waals surface area contributed by atoms with E-state index in [2.05, 4.69) is 68.2 Å². The molecule has 0 aliphatic carbocycles. The van der Waals surface area contributed by atoms with Gasteiger partial charge in [-0.25, -0.2) is 0 Å². The molecule has 0 saturated heterocycles. The van der Waals surface area contributed by atoms with E-state index < -0.39 is 0 Å². The summed E-state index contributed by atoms with van der Waals surface area (Å²) in [4.78, 5) is 9.06. The van der Waals surface area contributed by atoms with Crippen molar-refractivity contribution < 1.29 is 4.79 Å². The van der Waals surface area contributed by atoms with Crippen LogP contribution in [0.15, 0.2) is 55.1 Å². The zero-order valence-corrected chi connectivity index (χ0v) is 15.1. The number of rotatable bonds is 7. The van der Waals surface area contributed by atoms with Crippen LogP contribution >= 0.6 is 0 Å². The molecule has 1 N–H and O–H groups in total. The molecule has 0 bridgehead atoms. The smallest absolute Gasteiger partial charge is 0.142 e. The summed E-state index contributed by atoms with van der Waals surface area (Å²) >= 11 is 0. The second kappa shape index (κ2) is 11.2. The molecule has 0 amide bonds. The van der Waals surface area contributed by atoms with Crippen molar-refractivity contribution in [3.05, 3.63) is 66.2 Å². The van der Waals surface area contributed by atoms with Crippen LogP contribution in [0.2, 0.25) is 0 Å². The highest BCUT2D eigenvalue weighted by molar-refractivity contribution is 5.69. The summed E-state index contributed by atoms with van der Waals surface area (Å²) in [7, 11) is 1.95. The fourth-order valence-electron chi connectivity index (χ4n) is 2.60. The van der Waals surface area contributed by atoms with Crippen LogP contribution < -0.4 is 5.32 Å². The van der Waals surface area contributed by atoms with Gasteiger partial charge in [0.1, 0.15) is 6.29 Å². The van der Waals surface area contributed by atoms with Gasteiger partial charge >= 0.3 is 0 Å². The predicted molar refractivity (Wildman–Crippen MR) is 106 cm³/mol. The van der Waals surface area contributed by atoms with Crippen molar-refractivity contribution in [3.8, 4) is 11.1 Å². The number of anilines is 1. The Kier molecular flexibility index (Phi) is 9.21. The molecular weight excluding hydrogens is 294 g/mol. The Bertz CT molecular complexity index is 623. The number of aryl methyl sites for hydroxylation is 2. The van der Waals surface area contributed by atoms with Gasteiger partial charge in [-0.1, -0.05) is 56.7 Å². The molecule has 2 rings (SSSR count). The highest BCUT2D eigenvalue weighted by Crippen LogP contribution is 2.26. The molecule has 0 radical (unpaired) electrons. The highest BCUT2D eigenvalue weighted by atomic mass is 16.1. The minimum absolute atomic E-state index is 0.639. The maximum absolute atomic E-state index is 9.06. The Morgan fingerprint density at radius 1 is 1.08 bits per heavy atom. The Balaban J connectivity index is 0.000000648. The van der Waals surface area contributed by atoms with Crippen LogP contribution in [-0.2, 0) is 11.2 Å². The summed E-state index contributed by atoms with van der Waals surface area (Å²) in [6, 6.07) is 15.5. The third kappa shape index (κ3) is 6.41. The van der Waals surface area contributed by atoms with Crippen LogP contribution in [0.5, 0.6) is 0 Å². The largest absolute Gasteiger partial charge is 0.388 e. The van der Waals surface area contributed by atoms with Gasteiger partial charge in [0.15, 0.2) is 0 Å². The molecule has 24 heavy (non-hydrogen) atoms. The molecule has 0 atom stereocenters. The van der Waals surface area contributed by atoms with E-state index in [1.165, 1.54) is 54.0 Å². The average molecular weight is 323 g/mol. The van der Waals surface area contributed by atoms with Crippen molar-refractivity contribution in [3.63, 3.8) is 0 Å². The number of carbonyl (C=O) groups excluding carboxylic acids is 1. The molecule has 2 nitrogen and oxygen atoms in total. The molecule has 0 heterocycles. The van der Waals surface area contributed by atoms with Gasteiger partial charge in [0, 0.05) is 12.7 Å². The van der Waals surface area contributed by atoms with Gasteiger partial charge < -0.3 is 5.32 Å². The van der Waals surface area contributed by atoms with Gasteiger partial charge in [0.05, 0.1) is 0 Å². The Morgan fingerprint density at radius 3 is 2.25 bits per heavy atom. The van der Waals surface area contributed by atoms with Crippen molar-refractivity contribution >= 4 is 12.0 Å². The monoisotopic (exact) mass is 323 g/mol. The Morgan fingerprint density at radius 2 is 1.75 bits per heavy atom. The maximum Gasteiger partial charge on any atom is 0.142 e.